The summed E-state index contributed by atoms with van der Waals surface area (Å²) in [6.07, 6.45) is 55.6. The number of rotatable bonds is 43. The van der Waals surface area contributed by atoms with Crippen molar-refractivity contribution in [3.63, 3.8) is 0 Å². The molecule has 0 saturated heterocycles. The van der Waals surface area contributed by atoms with Crippen LogP contribution in [0.1, 0.15) is 233 Å². The summed E-state index contributed by atoms with van der Waals surface area (Å²) < 4.78 is 5.90. The van der Waals surface area contributed by atoms with E-state index in [1.165, 1.54) is 116 Å². The van der Waals surface area contributed by atoms with Crippen molar-refractivity contribution in [1.29, 1.82) is 0 Å². The van der Waals surface area contributed by atoms with Gasteiger partial charge in [-0.2, -0.15) is 0 Å². The van der Waals surface area contributed by atoms with E-state index in [4.69, 9.17) is 4.74 Å². The third kappa shape index (κ3) is 40.3. The first kappa shape index (κ1) is 55.6. The lowest BCUT2D eigenvalue weighted by atomic mass is 10.0. The molecule has 0 aliphatic carbocycles. The minimum absolute atomic E-state index is 0.0608. The minimum atomic E-state index is -0.794. The standard InChI is InChI=1S/C52H93NO5/c1-4-7-10-13-16-19-22-25-26-27-30-33-36-39-42-45-52(57)58-48(43-40-37-34-31-28-23-20-17-14-11-8-5-2)46-51(56)53-49(47-54)50(55)44-41-38-35-32-29-24-21-18-15-12-9-6-3/h7,10,13,16,19,22,25-27,30,48-50,54-55H,4-6,8-9,11-12,14-15,17-18,20-21,23-24,28-29,31-47H2,1-3H3,(H,53,56)/b10-7+,16-13+,22-19-,26-25-,30-27+. The molecule has 0 aromatic heterocycles. The zero-order valence-corrected chi connectivity index (χ0v) is 38.2. The van der Waals surface area contributed by atoms with Crippen LogP contribution in [0.4, 0.5) is 0 Å². The van der Waals surface area contributed by atoms with Crippen LogP contribution >= 0.6 is 0 Å². The topological polar surface area (TPSA) is 95.9 Å². The van der Waals surface area contributed by atoms with Gasteiger partial charge in [0.1, 0.15) is 6.10 Å². The first-order valence-corrected chi connectivity index (χ1v) is 24.6. The summed E-state index contributed by atoms with van der Waals surface area (Å²) in [6.45, 7) is 6.32. The van der Waals surface area contributed by atoms with E-state index in [2.05, 4.69) is 44.3 Å². The Bertz CT molecular complexity index is 1050. The molecule has 0 spiro atoms. The molecule has 6 heteroatoms. The molecule has 0 radical (unpaired) electrons. The molecule has 3 N–H and O–H groups in total. The fourth-order valence-electron chi connectivity index (χ4n) is 7.27. The van der Waals surface area contributed by atoms with Crippen LogP contribution in [0.2, 0.25) is 0 Å². The Balaban J connectivity index is 4.65. The van der Waals surface area contributed by atoms with Crippen molar-refractivity contribution in [3.8, 4) is 0 Å². The van der Waals surface area contributed by atoms with Gasteiger partial charge in [-0.05, 0) is 44.9 Å². The van der Waals surface area contributed by atoms with Gasteiger partial charge in [-0.25, -0.2) is 0 Å². The first-order valence-electron chi connectivity index (χ1n) is 24.6. The Labute approximate surface area is 358 Å². The highest BCUT2D eigenvalue weighted by atomic mass is 16.5. The smallest absolute Gasteiger partial charge is 0.306 e. The number of carbonyl (C=O) groups excluding carboxylic acids is 2. The molecule has 3 unspecified atom stereocenters. The summed E-state index contributed by atoms with van der Waals surface area (Å²) in [5.41, 5.74) is 0. The molecule has 6 nitrogen and oxygen atoms in total. The van der Waals surface area contributed by atoms with Crippen molar-refractivity contribution in [2.24, 2.45) is 0 Å². The number of ether oxygens (including phenoxy) is 1. The molecule has 0 saturated carbocycles. The van der Waals surface area contributed by atoms with Crippen LogP contribution in [0.3, 0.4) is 0 Å². The number of amides is 1. The molecule has 58 heavy (non-hydrogen) atoms. The second-order valence-electron chi connectivity index (χ2n) is 16.6. The lowest BCUT2D eigenvalue weighted by Crippen LogP contribution is -2.46. The van der Waals surface area contributed by atoms with Gasteiger partial charge in [0.15, 0.2) is 0 Å². The van der Waals surface area contributed by atoms with E-state index >= 15 is 0 Å². The lowest BCUT2D eigenvalue weighted by molar-refractivity contribution is -0.151. The molecule has 3 atom stereocenters. The van der Waals surface area contributed by atoms with Gasteiger partial charge in [-0.3, -0.25) is 9.59 Å². The SMILES string of the molecule is CC/C=C/C=C/C=C\C=C/C=C/CCCCCC(=O)OC(CCCCCCCCCCCCCC)CC(=O)NC(CO)C(O)CCCCCCCCCCCCCC. The third-order valence-electron chi connectivity index (χ3n) is 11.0. The number of aliphatic hydroxyl groups is 2. The highest BCUT2D eigenvalue weighted by Crippen LogP contribution is 2.18. The van der Waals surface area contributed by atoms with Gasteiger partial charge in [0.25, 0.3) is 0 Å². The maximum absolute atomic E-state index is 13.2. The number of esters is 1. The summed E-state index contributed by atoms with van der Waals surface area (Å²) in [5.74, 6) is -0.520. The van der Waals surface area contributed by atoms with Crippen molar-refractivity contribution >= 4 is 11.9 Å². The molecule has 0 aromatic carbocycles. The number of allylic oxidation sites excluding steroid dienone is 10. The number of hydrogen-bond donors (Lipinski definition) is 3. The zero-order chi connectivity index (χ0) is 42.4. The van der Waals surface area contributed by atoms with E-state index in [9.17, 15) is 19.8 Å². The van der Waals surface area contributed by atoms with Crippen molar-refractivity contribution in [3.05, 3.63) is 60.8 Å². The molecule has 0 aliphatic heterocycles. The first-order chi connectivity index (χ1) is 28.5. The van der Waals surface area contributed by atoms with Crippen molar-refractivity contribution in [2.45, 2.75) is 251 Å². The van der Waals surface area contributed by atoms with Gasteiger partial charge in [-0.1, -0.05) is 236 Å². The van der Waals surface area contributed by atoms with E-state index in [1.54, 1.807) is 0 Å². The molecule has 0 aromatic rings. The second-order valence-corrected chi connectivity index (χ2v) is 16.6. The Hall–Kier alpha value is -2.44. The van der Waals surface area contributed by atoms with Crippen LogP contribution < -0.4 is 5.32 Å². The fourth-order valence-corrected chi connectivity index (χ4v) is 7.27. The van der Waals surface area contributed by atoms with E-state index < -0.39 is 18.2 Å². The summed E-state index contributed by atoms with van der Waals surface area (Å²) in [4.78, 5) is 26.1. The molecule has 1 amide bonds. The monoisotopic (exact) mass is 812 g/mol. The number of carbonyl (C=O) groups is 2. The minimum Gasteiger partial charge on any atom is -0.462 e. The quantitative estimate of drug-likeness (QED) is 0.0324. The summed E-state index contributed by atoms with van der Waals surface area (Å²) in [7, 11) is 0. The van der Waals surface area contributed by atoms with Gasteiger partial charge in [-0.15, -0.1) is 0 Å². The Kier molecular flexibility index (Phi) is 43.7. The Morgan fingerprint density at radius 2 is 0.931 bits per heavy atom. The van der Waals surface area contributed by atoms with Crippen LogP contribution in [-0.4, -0.2) is 46.9 Å². The molecule has 336 valence electrons. The van der Waals surface area contributed by atoms with Gasteiger partial charge in [0, 0.05) is 6.42 Å². The fraction of sp³-hybridized carbons (Fsp3) is 0.769. The number of aliphatic hydroxyl groups excluding tert-OH is 2. The summed E-state index contributed by atoms with van der Waals surface area (Å²) in [5, 5.41) is 23.7. The van der Waals surface area contributed by atoms with E-state index in [-0.39, 0.29) is 24.9 Å². The van der Waals surface area contributed by atoms with Gasteiger partial charge in [0.2, 0.25) is 5.91 Å². The van der Waals surface area contributed by atoms with Crippen molar-refractivity contribution in [2.75, 3.05) is 6.61 Å². The predicted octanol–water partition coefficient (Wildman–Crippen LogP) is 14.5. The zero-order valence-electron chi connectivity index (χ0n) is 38.2. The van der Waals surface area contributed by atoms with Gasteiger partial charge in [0.05, 0.1) is 25.2 Å². The van der Waals surface area contributed by atoms with E-state index in [0.717, 1.165) is 70.6 Å². The highest BCUT2D eigenvalue weighted by molar-refractivity contribution is 5.77. The van der Waals surface area contributed by atoms with Crippen LogP contribution in [0.25, 0.3) is 0 Å². The van der Waals surface area contributed by atoms with Crippen molar-refractivity contribution < 1.29 is 24.5 Å². The average Bonchev–Trinajstić information content (AvgIpc) is 3.22. The summed E-state index contributed by atoms with van der Waals surface area (Å²) >= 11 is 0. The largest absolute Gasteiger partial charge is 0.462 e. The third-order valence-corrected chi connectivity index (χ3v) is 11.0. The van der Waals surface area contributed by atoms with Crippen LogP contribution in [0, 0.1) is 0 Å². The van der Waals surface area contributed by atoms with Gasteiger partial charge < -0.3 is 20.3 Å². The maximum atomic E-state index is 13.2. The second kappa shape index (κ2) is 45.6. The lowest BCUT2D eigenvalue weighted by Gasteiger charge is -2.24. The molecular formula is C52H93NO5. The molecule has 0 aliphatic rings. The van der Waals surface area contributed by atoms with Crippen LogP contribution in [0.15, 0.2) is 60.8 Å². The van der Waals surface area contributed by atoms with E-state index in [1.807, 2.05) is 42.5 Å². The van der Waals surface area contributed by atoms with Gasteiger partial charge >= 0.3 is 5.97 Å². The molecular weight excluding hydrogens is 719 g/mol. The highest BCUT2D eigenvalue weighted by Gasteiger charge is 2.24. The summed E-state index contributed by atoms with van der Waals surface area (Å²) in [6, 6.07) is -0.709. The van der Waals surface area contributed by atoms with Crippen LogP contribution in [-0.2, 0) is 14.3 Å². The Morgan fingerprint density at radius 1 is 0.517 bits per heavy atom. The van der Waals surface area contributed by atoms with E-state index in [0.29, 0.717) is 19.3 Å². The molecule has 0 bridgehead atoms. The predicted molar refractivity (Wildman–Crippen MR) is 250 cm³/mol. The number of hydrogen-bond acceptors (Lipinski definition) is 5. The molecule has 0 heterocycles. The molecule has 0 rings (SSSR count). The average molecular weight is 812 g/mol. The Morgan fingerprint density at radius 3 is 1.40 bits per heavy atom. The van der Waals surface area contributed by atoms with Crippen molar-refractivity contribution in [1.82, 2.24) is 5.32 Å². The number of nitrogens with one attached hydrogen (secondary N) is 1. The molecule has 0 fully saturated rings. The number of unbranched alkanes of at least 4 members (excludes halogenated alkanes) is 25. The maximum Gasteiger partial charge on any atom is 0.306 e. The normalized spacial score (nSPS) is 13.8. The van der Waals surface area contributed by atoms with Crippen LogP contribution in [0.5, 0.6) is 0 Å².